The Kier molecular flexibility index (Phi) is 26.4. The Hall–Kier alpha value is -0.103. The molecule has 9 heteroatoms. The van der Waals surface area contributed by atoms with Gasteiger partial charge in [-0.2, -0.15) is 18.3 Å². The summed E-state index contributed by atoms with van der Waals surface area (Å²) in [5, 5.41) is 0. The Labute approximate surface area is 204 Å². The second-order valence-corrected chi connectivity index (χ2v) is 10.0. The molecule has 0 aromatic rings. The van der Waals surface area contributed by atoms with E-state index in [0.717, 1.165) is 103 Å². The lowest BCUT2D eigenvalue weighted by molar-refractivity contribution is -0.427. The molecule has 8 nitrogen and oxygen atoms in total. The Morgan fingerprint density at radius 1 is 0.333 bits per heavy atom. The first-order valence-electron chi connectivity index (χ1n) is 13.5. The molecule has 33 heavy (non-hydrogen) atoms. The van der Waals surface area contributed by atoms with Crippen LogP contribution in [0.15, 0.2) is 0 Å². The SMILES string of the molecule is CCCCCCOO[Si](OOCCCCCC)(OOCCCCCC)OOCCCCCC. The third-order valence-electron chi connectivity index (χ3n) is 4.97. The molecule has 0 fully saturated rings. The van der Waals surface area contributed by atoms with E-state index in [1.54, 1.807) is 0 Å². The van der Waals surface area contributed by atoms with Crippen LogP contribution < -0.4 is 0 Å². The molecule has 0 saturated heterocycles. The Morgan fingerprint density at radius 3 is 0.788 bits per heavy atom. The van der Waals surface area contributed by atoms with Gasteiger partial charge in [0.05, 0.1) is 26.4 Å². The number of unbranched alkanes of at least 4 members (excludes halogenated alkanes) is 12. The molecule has 0 unspecified atom stereocenters. The van der Waals surface area contributed by atoms with E-state index in [2.05, 4.69) is 27.7 Å². The third-order valence-corrected chi connectivity index (χ3v) is 6.26. The molecule has 0 atom stereocenters. The van der Waals surface area contributed by atoms with E-state index in [1.807, 2.05) is 0 Å². The molecule has 0 aromatic carbocycles. The molecule has 0 radical (unpaired) electrons. The fourth-order valence-electron chi connectivity index (χ4n) is 2.89. The average Bonchev–Trinajstić information content (AvgIpc) is 2.83. The van der Waals surface area contributed by atoms with Gasteiger partial charge in [0, 0.05) is 0 Å². The first kappa shape index (κ1) is 32.9. The molecule has 0 amide bonds. The zero-order valence-corrected chi connectivity index (χ0v) is 22.9. The van der Waals surface area contributed by atoms with Gasteiger partial charge in [0.15, 0.2) is 0 Å². The van der Waals surface area contributed by atoms with Crippen LogP contribution in [0.1, 0.15) is 130 Å². The third kappa shape index (κ3) is 22.1. The maximum Gasteiger partial charge on any atom is 0.792 e. The summed E-state index contributed by atoms with van der Waals surface area (Å²) in [7, 11) is -3.96. The lowest BCUT2D eigenvalue weighted by Crippen LogP contribution is -2.49. The summed E-state index contributed by atoms with van der Waals surface area (Å²) >= 11 is 0. The second-order valence-electron chi connectivity index (χ2n) is 8.36. The molecule has 0 aliphatic heterocycles. The maximum atomic E-state index is 5.49. The molecule has 0 aromatic heterocycles. The minimum atomic E-state index is -3.96. The van der Waals surface area contributed by atoms with Gasteiger partial charge in [-0.25, -0.2) is 19.6 Å². The lowest BCUT2D eigenvalue weighted by atomic mass is 10.2. The molecule has 0 aliphatic rings. The molecule has 200 valence electrons. The van der Waals surface area contributed by atoms with E-state index in [-0.39, 0.29) is 0 Å². The topological polar surface area (TPSA) is 73.8 Å². The molecular formula is C24H52O8Si. The van der Waals surface area contributed by atoms with Crippen LogP contribution in [0, 0.1) is 0 Å². The van der Waals surface area contributed by atoms with Gasteiger partial charge in [-0.15, -0.1) is 0 Å². The summed E-state index contributed by atoms with van der Waals surface area (Å²) in [6.45, 7) is 10.2. The molecule has 0 spiro atoms. The van der Waals surface area contributed by atoms with Crippen LogP contribution in [0.5, 0.6) is 0 Å². The van der Waals surface area contributed by atoms with Crippen molar-refractivity contribution in [2.24, 2.45) is 0 Å². The van der Waals surface area contributed by atoms with Crippen LogP contribution in [0.25, 0.3) is 0 Å². The highest BCUT2D eigenvalue weighted by atomic mass is 28.4. The number of hydrogen-bond acceptors (Lipinski definition) is 8. The zero-order valence-electron chi connectivity index (χ0n) is 21.9. The predicted octanol–water partition coefficient (Wildman–Crippen LogP) is 7.54. The Bertz CT molecular complexity index is 307. The van der Waals surface area contributed by atoms with Crippen LogP contribution in [-0.2, 0) is 37.9 Å². The monoisotopic (exact) mass is 496 g/mol. The highest BCUT2D eigenvalue weighted by Crippen LogP contribution is 2.17. The van der Waals surface area contributed by atoms with Crippen molar-refractivity contribution in [3.05, 3.63) is 0 Å². The first-order valence-corrected chi connectivity index (χ1v) is 15.1. The van der Waals surface area contributed by atoms with E-state index in [0.29, 0.717) is 26.4 Å². The van der Waals surface area contributed by atoms with Crippen LogP contribution >= 0.6 is 0 Å². The van der Waals surface area contributed by atoms with Gasteiger partial charge in [0.1, 0.15) is 0 Å². The summed E-state index contributed by atoms with van der Waals surface area (Å²) in [6, 6.07) is 0. The van der Waals surface area contributed by atoms with Crippen molar-refractivity contribution in [1.82, 2.24) is 0 Å². The van der Waals surface area contributed by atoms with Crippen LogP contribution in [0.3, 0.4) is 0 Å². The van der Waals surface area contributed by atoms with Gasteiger partial charge in [-0.3, -0.25) is 0 Å². The highest BCUT2D eigenvalue weighted by molar-refractivity contribution is 6.52. The average molecular weight is 497 g/mol. The van der Waals surface area contributed by atoms with Gasteiger partial charge in [0.25, 0.3) is 0 Å². The van der Waals surface area contributed by atoms with Crippen LogP contribution in [0.2, 0.25) is 0 Å². The summed E-state index contributed by atoms with van der Waals surface area (Å²) < 4.78 is 22.0. The molecule has 0 bridgehead atoms. The maximum absolute atomic E-state index is 5.49. The Morgan fingerprint density at radius 2 is 0.576 bits per heavy atom. The van der Waals surface area contributed by atoms with E-state index in [9.17, 15) is 0 Å². The van der Waals surface area contributed by atoms with E-state index >= 15 is 0 Å². The standard InChI is InChI=1S/C24H52O8Si/c1-5-9-13-17-21-25-29-33(30-26-22-18-14-10-6-2,31-27-23-19-15-11-7-3)32-28-24-20-16-12-8-4/h5-24H2,1-4H3. The van der Waals surface area contributed by atoms with Crippen molar-refractivity contribution in [3.8, 4) is 0 Å². The summed E-state index contributed by atoms with van der Waals surface area (Å²) in [6.07, 6.45) is 16.9. The smallest absolute Gasteiger partial charge is 0.241 e. The quantitative estimate of drug-likeness (QED) is 0.0476. The molecule has 0 aliphatic carbocycles. The summed E-state index contributed by atoms with van der Waals surface area (Å²) in [4.78, 5) is 21.5. The van der Waals surface area contributed by atoms with E-state index in [1.165, 1.54) is 0 Å². The predicted molar refractivity (Wildman–Crippen MR) is 130 cm³/mol. The molecular weight excluding hydrogens is 444 g/mol. The van der Waals surface area contributed by atoms with Crippen molar-refractivity contribution >= 4 is 9.05 Å². The molecule has 0 saturated carbocycles. The minimum absolute atomic E-state index is 0.397. The minimum Gasteiger partial charge on any atom is -0.241 e. The summed E-state index contributed by atoms with van der Waals surface area (Å²) in [5.74, 6) is 0. The fraction of sp³-hybridized carbons (Fsp3) is 1.00. The summed E-state index contributed by atoms with van der Waals surface area (Å²) in [5.41, 5.74) is 0. The van der Waals surface area contributed by atoms with Crippen molar-refractivity contribution in [1.29, 1.82) is 0 Å². The number of rotatable bonds is 28. The molecule has 0 N–H and O–H groups in total. The van der Waals surface area contributed by atoms with Gasteiger partial charge in [0.2, 0.25) is 0 Å². The lowest BCUT2D eigenvalue weighted by Gasteiger charge is -2.23. The highest BCUT2D eigenvalue weighted by Gasteiger charge is 2.54. The van der Waals surface area contributed by atoms with Gasteiger partial charge < -0.3 is 0 Å². The van der Waals surface area contributed by atoms with Crippen molar-refractivity contribution in [2.75, 3.05) is 26.4 Å². The fourth-order valence-corrected chi connectivity index (χ4v) is 3.97. The first-order chi connectivity index (χ1) is 16.2. The molecule has 0 rings (SSSR count). The van der Waals surface area contributed by atoms with Gasteiger partial charge in [-0.1, -0.05) is 105 Å². The van der Waals surface area contributed by atoms with Crippen molar-refractivity contribution in [2.45, 2.75) is 130 Å². The van der Waals surface area contributed by atoms with Gasteiger partial charge in [-0.05, 0) is 25.7 Å². The Balaban J connectivity index is 4.74. The normalized spacial score (nSPS) is 12.0. The largest absolute Gasteiger partial charge is 0.792 e. The van der Waals surface area contributed by atoms with Gasteiger partial charge >= 0.3 is 9.05 Å². The second kappa shape index (κ2) is 26.5. The molecule has 0 heterocycles. The van der Waals surface area contributed by atoms with Crippen molar-refractivity contribution < 1.29 is 37.9 Å². The van der Waals surface area contributed by atoms with Crippen molar-refractivity contribution in [3.63, 3.8) is 0 Å². The number of hydrogen-bond donors (Lipinski definition) is 0. The van der Waals surface area contributed by atoms with E-state index in [4.69, 9.17) is 37.9 Å². The zero-order chi connectivity index (χ0) is 24.3. The van der Waals surface area contributed by atoms with Crippen LogP contribution in [-0.4, -0.2) is 35.5 Å². The van der Waals surface area contributed by atoms with Crippen LogP contribution in [0.4, 0.5) is 0 Å². The van der Waals surface area contributed by atoms with E-state index < -0.39 is 9.05 Å².